The Labute approximate surface area is 184 Å². The molecule has 3 aromatic rings. The maximum atomic E-state index is 13.3. The van der Waals surface area contributed by atoms with E-state index in [9.17, 15) is 13.2 Å². The number of nitrogens with one attached hydrogen (secondary N) is 1. The molecule has 0 unspecified atom stereocenters. The summed E-state index contributed by atoms with van der Waals surface area (Å²) in [5, 5.41) is 0. The van der Waals surface area contributed by atoms with Gasteiger partial charge in [0, 0.05) is 13.6 Å². The zero-order valence-electron chi connectivity index (χ0n) is 18.6. The average molecular weight is 437 g/mol. The van der Waals surface area contributed by atoms with Gasteiger partial charge < -0.3 is 4.90 Å². The van der Waals surface area contributed by atoms with Crippen LogP contribution >= 0.6 is 0 Å². The molecule has 0 bridgehead atoms. The fraction of sp³-hybridized carbons (Fsp3) is 0.240. The summed E-state index contributed by atoms with van der Waals surface area (Å²) >= 11 is 0. The maximum absolute atomic E-state index is 13.3. The number of amides is 1. The molecule has 0 fully saturated rings. The molecule has 1 N–H and O–H groups in total. The number of sulfonamides is 1. The minimum atomic E-state index is -3.88. The molecule has 0 aromatic heterocycles. The van der Waals surface area contributed by atoms with Crippen LogP contribution in [0.1, 0.15) is 38.2 Å². The third-order valence-electron chi connectivity index (χ3n) is 5.58. The number of carbonyl (C=O) groups excluding carboxylic acids is 1. The van der Waals surface area contributed by atoms with Gasteiger partial charge in [-0.25, -0.2) is 8.42 Å². The van der Waals surface area contributed by atoms with Crippen molar-refractivity contribution in [2.75, 3.05) is 11.8 Å². The normalized spacial score (nSPS) is 11.3. The number of benzene rings is 3. The van der Waals surface area contributed by atoms with Crippen molar-refractivity contribution in [2.45, 2.75) is 39.1 Å². The summed E-state index contributed by atoms with van der Waals surface area (Å²) in [7, 11) is -2.17. The number of rotatable bonds is 6. The van der Waals surface area contributed by atoms with Gasteiger partial charge in [0.25, 0.3) is 15.9 Å². The van der Waals surface area contributed by atoms with Crippen LogP contribution in [0.2, 0.25) is 0 Å². The van der Waals surface area contributed by atoms with Gasteiger partial charge in [0.1, 0.15) is 0 Å². The van der Waals surface area contributed by atoms with Gasteiger partial charge in [-0.2, -0.15) is 0 Å². The number of aryl methyl sites for hydroxylation is 2. The lowest BCUT2D eigenvalue weighted by Gasteiger charge is -2.21. The predicted octanol–water partition coefficient (Wildman–Crippen LogP) is 4.99. The second-order valence-corrected chi connectivity index (χ2v) is 9.51. The van der Waals surface area contributed by atoms with Crippen LogP contribution in [-0.4, -0.2) is 26.3 Å². The zero-order valence-corrected chi connectivity index (χ0v) is 19.4. The molecule has 0 heterocycles. The predicted molar refractivity (Wildman–Crippen MR) is 125 cm³/mol. The molecular weight excluding hydrogens is 408 g/mol. The van der Waals surface area contributed by atoms with Crippen LogP contribution in [0, 0.1) is 27.7 Å². The Morgan fingerprint density at radius 2 is 1.42 bits per heavy atom. The quantitative estimate of drug-likeness (QED) is 0.592. The number of para-hydroxylation sites is 1. The van der Waals surface area contributed by atoms with Crippen LogP contribution in [0.4, 0.5) is 5.69 Å². The summed E-state index contributed by atoms with van der Waals surface area (Å²) in [6.45, 7) is 7.84. The van der Waals surface area contributed by atoms with E-state index in [1.54, 1.807) is 50.1 Å². The highest BCUT2D eigenvalue weighted by Gasteiger charge is 2.25. The zero-order chi connectivity index (χ0) is 22.8. The van der Waals surface area contributed by atoms with Crippen molar-refractivity contribution < 1.29 is 13.2 Å². The first kappa shape index (κ1) is 22.6. The largest absolute Gasteiger partial charge is 0.337 e. The molecule has 0 saturated carbocycles. The minimum absolute atomic E-state index is 0.254. The summed E-state index contributed by atoms with van der Waals surface area (Å²) in [5.41, 5.74) is 4.82. The minimum Gasteiger partial charge on any atom is -0.337 e. The van der Waals surface area contributed by atoms with Crippen LogP contribution in [0.25, 0.3) is 0 Å². The van der Waals surface area contributed by atoms with E-state index >= 15 is 0 Å². The van der Waals surface area contributed by atoms with E-state index in [1.807, 2.05) is 50.2 Å². The number of hydrogen-bond donors (Lipinski definition) is 1. The highest BCUT2D eigenvalue weighted by molar-refractivity contribution is 7.92. The van der Waals surface area contributed by atoms with Crippen molar-refractivity contribution >= 4 is 21.6 Å². The Morgan fingerprint density at radius 1 is 0.871 bits per heavy atom. The van der Waals surface area contributed by atoms with Crippen LogP contribution in [0.15, 0.2) is 65.6 Å². The number of hydrogen-bond acceptors (Lipinski definition) is 3. The molecule has 1 amide bonds. The number of carbonyl (C=O) groups is 1. The van der Waals surface area contributed by atoms with E-state index in [1.165, 1.54) is 0 Å². The van der Waals surface area contributed by atoms with Crippen molar-refractivity contribution in [1.29, 1.82) is 0 Å². The molecule has 6 heteroatoms. The third kappa shape index (κ3) is 4.80. The first-order chi connectivity index (χ1) is 14.6. The van der Waals surface area contributed by atoms with Gasteiger partial charge in [-0.05, 0) is 67.6 Å². The molecule has 162 valence electrons. The van der Waals surface area contributed by atoms with Crippen molar-refractivity contribution in [3.8, 4) is 0 Å². The van der Waals surface area contributed by atoms with Gasteiger partial charge in [-0.15, -0.1) is 0 Å². The highest BCUT2D eigenvalue weighted by Crippen LogP contribution is 2.29. The first-order valence-electron chi connectivity index (χ1n) is 10.1. The lowest BCUT2D eigenvalue weighted by atomic mass is 10.0. The molecule has 0 aliphatic heterocycles. The Morgan fingerprint density at radius 3 is 2.03 bits per heavy atom. The lowest BCUT2D eigenvalue weighted by molar-refractivity contribution is 0.0786. The van der Waals surface area contributed by atoms with Crippen molar-refractivity contribution in [2.24, 2.45) is 0 Å². The average Bonchev–Trinajstić information content (AvgIpc) is 2.72. The molecule has 3 rings (SSSR count). The molecule has 0 aliphatic carbocycles. The maximum Gasteiger partial charge on any atom is 0.262 e. The van der Waals surface area contributed by atoms with Crippen LogP contribution in [-0.2, 0) is 16.6 Å². The summed E-state index contributed by atoms with van der Waals surface area (Å²) < 4.78 is 29.4. The van der Waals surface area contributed by atoms with Gasteiger partial charge in [0.15, 0.2) is 0 Å². The molecule has 0 saturated heterocycles. The topological polar surface area (TPSA) is 66.5 Å². The standard InChI is InChI=1S/C25H28N2O3S/c1-17-15-18(2)20(4)24(19(17)3)31(29,30)26-23-14-10-9-13-22(23)25(28)27(5)16-21-11-7-6-8-12-21/h6-15,26H,16H2,1-5H3. The Kier molecular flexibility index (Phi) is 6.51. The van der Waals surface area contributed by atoms with Gasteiger partial charge in [0.2, 0.25) is 0 Å². The molecular formula is C25H28N2O3S. The van der Waals surface area contributed by atoms with Crippen LogP contribution < -0.4 is 4.72 Å². The van der Waals surface area contributed by atoms with E-state index in [2.05, 4.69) is 4.72 Å². The van der Waals surface area contributed by atoms with Gasteiger partial charge in [-0.1, -0.05) is 48.5 Å². The molecule has 0 radical (unpaired) electrons. The van der Waals surface area contributed by atoms with E-state index < -0.39 is 10.0 Å². The summed E-state index contributed by atoms with van der Waals surface area (Å²) in [5.74, 6) is -0.254. The fourth-order valence-electron chi connectivity index (χ4n) is 3.67. The number of anilines is 1. The lowest BCUT2D eigenvalue weighted by Crippen LogP contribution is -2.27. The van der Waals surface area contributed by atoms with Crippen LogP contribution in [0.3, 0.4) is 0 Å². The number of nitrogens with zero attached hydrogens (tertiary/aromatic N) is 1. The molecule has 31 heavy (non-hydrogen) atoms. The Bertz CT molecular complexity index is 1190. The highest BCUT2D eigenvalue weighted by atomic mass is 32.2. The molecule has 3 aromatic carbocycles. The van der Waals surface area contributed by atoms with E-state index in [0.717, 1.165) is 16.7 Å². The summed E-state index contributed by atoms with van der Waals surface area (Å²) in [6, 6.07) is 18.4. The van der Waals surface area contributed by atoms with Crippen molar-refractivity contribution in [1.82, 2.24) is 4.90 Å². The molecule has 0 atom stereocenters. The first-order valence-corrected chi connectivity index (χ1v) is 11.6. The third-order valence-corrected chi connectivity index (χ3v) is 7.22. The summed E-state index contributed by atoms with van der Waals surface area (Å²) in [4.78, 5) is 15.0. The molecule has 5 nitrogen and oxygen atoms in total. The van der Waals surface area contributed by atoms with Gasteiger partial charge in [-0.3, -0.25) is 9.52 Å². The Balaban J connectivity index is 1.95. The smallest absolute Gasteiger partial charge is 0.262 e. The van der Waals surface area contributed by atoms with Crippen LogP contribution in [0.5, 0.6) is 0 Å². The SMILES string of the molecule is Cc1cc(C)c(C)c(S(=O)(=O)Nc2ccccc2C(=O)N(C)Cc2ccccc2)c1C. The second kappa shape index (κ2) is 8.94. The van der Waals surface area contributed by atoms with E-state index in [0.29, 0.717) is 23.2 Å². The van der Waals surface area contributed by atoms with Gasteiger partial charge in [0.05, 0.1) is 16.1 Å². The molecule has 0 spiro atoms. The van der Waals surface area contributed by atoms with Gasteiger partial charge >= 0.3 is 0 Å². The van der Waals surface area contributed by atoms with E-state index in [-0.39, 0.29) is 16.5 Å². The molecule has 0 aliphatic rings. The second-order valence-electron chi connectivity index (χ2n) is 7.89. The Hall–Kier alpha value is -3.12. The monoisotopic (exact) mass is 436 g/mol. The summed E-state index contributed by atoms with van der Waals surface area (Å²) in [6.07, 6.45) is 0. The van der Waals surface area contributed by atoms with E-state index in [4.69, 9.17) is 0 Å². The van der Waals surface area contributed by atoms with Crippen molar-refractivity contribution in [3.05, 3.63) is 94.0 Å². The fourth-order valence-corrected chi connectivity index (χ4v) is 5.37. The van der Waals surface area contributed by atoms with Crippen molar-refractivity contribution in [3.63, 3.8) is 0 Å².